The molecule has 2 nitrogen and oxygen atoms in total. The third-order valence-electron chi connectivity index (χ3n) is 12.2. The second kappa shape index (κ2) is 11.4. The van der Waals surface area contributed by atoms with Gasteiger partial charge in [0.15, 0.2) is 0 Å². The smallest absolute Gasteiger partial charge is 0.0742 e. The maximum Gasteiger partial charge on any atom is 0.0742 e. The van der Waals surface area contributed by atoms with E-state index in [0.717, 1.165) is 5.69 Å². The van der Waals surface area contributed by atoms with Crippen LogP contribution in [0, 0.1) is 0 Å². The number of aromatic nitrogens is 2. The molecule has 2 aromatic heterocycles. The van der Waals surface area contributed by atoms with Gasteiger partial charge in [-0.25, -0.2) is 0 Å². The highest BCUT2D eigenvalue weighted by molar-refractivity contribution is 6.20. The van der Waals surface area contributed by atoms with Crippen molar-refractivity contribution in [1.29, 1.82) is 0 Å². The summed E-state index contributed by atoms with van der Waals surface area (Å²) in [5.41, 5.74) is 14.4. The Morgan fingerprint density at radius 1 is 0.345 bits per heavy atom. The second-order valence-electron chi connectivity index (χ2n) is 14.8. The molecule has 55 heavy (non-hydrogen) atoms. The van der Waals surface area contributed by atoms with E-state index >= 15 is 0 Å². The Balaban J connectivity index is 1.21. The number of benzene rings is 9. The molecule has 0 saturated carbocycles. The van der Waals surface area contributed by atoms with Crippen LogP contribution in [0.1, 0.15) is 22.3 Å². The standard InChI is InChI=1S/C53H34N2/c1-4-17-37(18-5-1)53(38-19-6-2-7-20-38)46-27-12-13-29-48(46)55-51-41(24-14-25-43(51)44-26-15-28-47(53)52(44)55)36-31-32-42-45-33-30-35-16-10-11-23-40(35)50(45)54(49(42)34-36)39-21-8-3-9-22-39/h1-34H. The zero-order valence-corrected chi connectivity index (χ0v) is 30.0. The summed E-state index contributed by atoms with van der Waals surface area (Å²) in [5, 5.41) is 7.56. The van der Waals surface area contributed by atoms with E-state index in [0.29, 0.717) is 0 Å². The first-order chi connectivity index (χ1) is 27.3. The van der Waals surface area contributed by atoms with Gasteiger partial charge in [0.05, 0.1) is 33.2 Å². The molecule has 0 saturated heterocycles. The summed E-state index contributed by atoms with van der Waals surface area (Å²) in [4.78, 5) is 0. The summed E-state index contributed by atoms with van der Waals surface area (Å²) in [6, 6.07) is 76.3. The molecule has 0 aliphatic carbocycles. The molecule has 0 bridgehead atoms. The normalized spacial score (nSPS) is 13.2. The molecular weight excluding hydrogens is 665 g/mol. The molecule has 3 heterocycles. The summed E-state index contributed by atoms with van der Waals surface area (Å²) >= 11 is 0. The van der Waals surface area contributed by atoms with Crippen molar-refractivity contribution in [3.8, 4) is 22.5 Å². The van der Waals surface area contributed by atoms with Crippen LogP contribution in [0.5, 0.6) is 0 Å². The molecule has 11 aromatic rings. The molecule has 0 unspecified atom stereocenters. The maximum atomic E-state index is 2.57. The minimum Gasteiger partial charge on any atom is -0.309 e. The molecule has 0 atom stereocenters. The van der Waals surface area contributed by atoms with Gasteiger partial charge in [0.25, 0.3) is 0 Å². The summed E-state index contributed by atoms with van der Waals surface area (Å²) in [5.74, 6) is 0. The molecule has 1 aliphatic rings. The second-order valence-corrected chi connectivity index (χ2v) is 14.8. The third-order valence-corrected chi connectivity index (χ3v) is 12.2. The molecular formula is C53H34N2. The number of hydrogen-bond acceptors (Lipinski definition) is 0. The first kappa shape index (κ1) is 30.3. The van der Waals surface area contributed by atoms with E-state index in [9.17, 15) is 0 Å². The lowest BCUT2D eigenvalue weighted by molar-refractivity contribution is 0.728. The van der Waals surface area contributed by atoms with Crippen LogP contribution >= 0.6 is 0 Å². The van der Waals surface area contributed by atoms with Crippen LogP contribution in [0.2, 0.25) is 0 Å². The number of fused-ring (bicyclic) bond motifs is 10. The van der Waals surface area contributed by atoms with Gasteiger partial charge in [-0.3, -0.25) is 0 Å². The SMILES string of the molecule is c1ccc(-n2c3cc(-c4cccc5c6cccc7c6n(c45)-c4ccccc4C7(c4ccccc4)c4ccccc4)ccc3c3ccc4ccccc4c32)cc1. The van der Waals surface area contributed by atoms with Crippen molar-refractivity contribution in [3.63, 3.8) is 0 Å². The predicted molar refractivity (Wildman–Crippen MR) is 230 cm³/mol. The molecule has 12 rings (SSSR count). The van der Waals surface area contributed by atoms with Crippen molar-refractivity contribution in [3.05, 3.63) is 229 Å². The van der Waals surface area contributed by atoms with Crippen LogP contribution in [0.25, 0.3) is 76.9 Å². The fourth-order valence-corrected chi connectivity index (χ4v) is 9.98. The van der Waals surface area contributed by atoms with E-state index in [2.05, 4.69) is 215 Å². The fourth-order valence-electron chi connectivity index (χ4n) is 9.98. The minimum atomic E-state index is -0.499. The highest BCUT2D eigenvalue weighted by atomic mass is 15.0. The highest BCUT2D eigenvalue weighted by Gasteiger charge is 2.45. The Kier molecular flexibility index (Phi) is 6.29. The van der Waals surface area contributed by atoms with Crippen molar-refractivity contribution in [2.75, 3.05) is 0 Å². The Morgan fingerprint density at radius 3 is 1.71 bits per heavy atom. The largest absolute Gasteiger partial charge is 0.309 e. The summed E-state index contributed by atoms with van der Waals surface area (Å²) < 4.78 is 5.04. The van der Waals surface area contributed by atoms with Crippen molar-refractivity contribution < 1.29 is 0 Å². The minimum absolute atomic E-state index is 0.499. The lowest BCUT2D eigenvalue weighted by Crippen LogP contribution is -2.35. The van der Waals surface area contributed by atoms with E-state index in [1.54, 1.807) is 0 Å². The van der Waals surface area contributed by atoms with Crippen LogP contribution in [0.15, 0.2) is 206 Å². The lowest BCUT2D eigenvalue weighted by Gasteiger charge is -2.41. The van der Waals surface area contributed by atoms with Crippen LogP contribution in [0.3, 0.4) is 0 Å². The summed E-state index contributed by atoms with van der Waals surface area (Å²) in [6.45, 7) is 0. The average Bonchev–Trinajstić information content (AvgIpc) is 3.79. The Morgan fingerprint density at radius 2 is 0.927 bits per heavy atom. The molecule has 0 radical (unpaired) electrons. The van der Waals surface area contributed by atoms with E-state index in [4.69, 9.17) is 0 Å². The summed E-state index contributed by atoms with van der Waals surface area (Å²) in [6.07, 6.45) is 0. The zero-order chi connectivity index (χ0) is 36.1. The van der Waals surface area contributed by atoms with Gasteiger partial charge in [-0.05, 0) is 57.5 Å². The van der Waals surface area contributed by atoms with Crippen LogP contribution in [-0.4, -0.2) is 9.13 Å². The third kappa shape index (κ3) is 4.03. The summed E-state index contributed by atoms with van der Waals surface area (Å²) in [7, 11) is 0. The maximum absolute atomic E-state index is 2.57. The molecule has 0 fully saturated rings. The number of nitrogens with zero attached hydrogens (tertiary/aromatic N) is 2. The van der Waals surface area contributed by atoms with Crippen molar-refractivity contribution >= 4 is 54.4 Å². The molecule has 2 heteroatoms. The quantitative estimate of drug-likeness (QED) is 0.173. The molecule has 9 aromatic carbocycles. The molecule has 0 spiro atoms. The number of hydrogen-bond donors (Lipinski definition) is 0. The monoisotopic (exact) mass is 698 g/mol. The van der Waals surface area contributed by atoms with E-state index < -0.39 is 5.41 Å². The van der Waals surface area contributed by atoms with Gasteiger partial charge in [-0.1, -0.05) is 182 Å². The number of rotatable bonds is 4. The van der Waals surface area contributed by atoms with E-state index in [1.807, 2.05) is 0 Å². The van der Waals surface area contributed by atoms with Gasteiger partial charge < -0.3 is 9.13 Å². The van der Waals surface area contributed by atoms with E-state index in [1.165, 1.54) is 93.5 Å². The van der Waals surface area contributed by atoms with Crippen molar-refractivity contribution in [2.45, 2.75) is 5.41 Å². The Labute approximate surface area is 318 Å². The van der Waals surface area contributed by atoms with Crippen molar-refractivity contribution in [2.24, 2.45) is 0 Å². The Bertz CT molecular complexity index is 3260. The van der Waals surface area contributed by atoms with Gasteiger partial charge in [0, 0.05) is 38.2 Å². The molecule has 0 N–H and O–H groups in total. The van der Waals surface area contributed by atoms with Crippen molar-refractivity contribution in [1.82, 2.24) is 9.13 Å². The first-order valence-corrected chi connectivity index (χ1v) is 19.1. The predicted octanol–water partition coefficient (Wildman–Crippen LogP) is 13.4. The van der Waals surface area contributed by atoms with Gasteiger partial charge in [0.1, 0.15) is 0 Å². The average molecular weight is 699 g/mol. The highest BCUT2D eigenvalue weighted by Crippen LogP contribution is 2.55. The van der Waals surface area contributed by atoms with Crippen LogP contribution < -0.4 is 0 Å². The van der Waals surface area contributed by atoms with Crippen LogP contribution in [0.4, 0.5) is 0 Å². The molecule has 1 aliphatic heterocycles. The van der Waals surface area contributed by atoms with Gasteiger partial charge in [0.2, 0.25) is 0 Å². The van der Waals surface area contributed by atoms with Crippen LogP contribution in [-0.2, 0) is 5.41 Å². The topological polar surface area (TPSA) is 9.86 Å². The molecule has 256 valence electrons. The lowest BCUT2D eigenvalue weighted by atomic mass is 9.63. The number of para-hydroxylation sites is 4. The first-order valence-electron chi connectivity index (χ1n) is 19.1. The fraction of sp³-hybridized carbons (Fsp3) is 0.0189. The van der Waals surface area contributed by atoms with Gasteiger partial charge in [-0.15, -0.1) is 0 Å². The molecule has 0 amide bonds. The van der Waals surface area contributed by atoms with E-state index in [-0.39, 0.29) is 0 Å². The van der Waals surface area contributed by atoms with Gasteiger partial charge >= 0.3 is 0 Å². The Hall–Kier alpha value is -7.16. The van der Waals surface area contributed by atoms with Gasteiger partial charge in [-0.2, -0.15) is 0 Å². The zero-order valence-electron chi connectivity index (χ0n) is 30.0.